The average molecular weight is 646 g/mol. The molecule has 0 aliphatic carbocycles. The molecule has 0 saturated heterocycles. The number of aromatic nitrogens is 4. The molecule has 10 aromatic rings. The van der Waals surface area contributed by atoms with Crippen molar-refractivity contribution in [3.05, 3.63) is 170 Å². The molecule has 0 fully saturated rings. The Hall–Kier alpha value is -6.85. The van der Waals surface area contributed by atoms with Gasteiger partial charge >= 0.3 is 0 Å². The van der Waals surface area contributed by atoms with Crippen LogP contribution < -0.4 is 0 Å². The van der Waals surface area contributed by atoms with Crippen molar-refractivity contribution in [3.8, 4) is 51.0 Å². The summed E-state index contributed by atoms with van der Waals surface area (Å²) in [5.74, 6) is 1.51. The number of para-hydroxylation sites is 3. The molecule has 10 rings (SSSR count). The third-order valence-corrected chi connectivity index (χ3v) is 9.15. The third-order valence-electron chi connectivity index (χ3n) is 9.15. The molecule has 234 valence electrons. The Bertz CT molecular complexity index is 3130. The van der Waals surface area contributed by atoms with Gasteiger partial charge in [0.15, 0.2) is 17.5 Å². The highest BCUT2D eigenvalue weighted by Crippen LogP contribution is 2.40. The molecular weight excluding hydrogens is 613 g/mol. The van der Waals surface area contributed by atoms with Crippen molar-refractivity contribution in [3.63, 3.8) is 0 Å². The van der Waals surface area contributed by atoms with E-state index in [2.05, 4.69) is 47.0 Å². The van der Waals surface area contributed by atoms with Crippen LogP contribution in [0.3, 0.4) is 0 Å². The quantitative estimate of drug-likeness (QED) is 0.187. The van der Waals surface area contributed by atoms with Crippen LogP contribution in [0.1, 0.15) is 6.85 Å². The zero-order valence-corrected chi connectivity index (χ0v) is 26.5. The average Bonchev–Trinajstić information content (AvgIpc) is 3.79. The largest absolute Gasteiger partial charge is 0.455 e. The summed E-state index contributed by atoms with van der Waals surface area (Å²) in [6.07, 6.45) is 0. The Labute approximate surface area is 294 Å². The molecule has 5 heteroatoms. The molecule has 0 aliphatic heterocycles. The van der Waals surface area contributed by atoms with E-state index >= 15 is 0 Å². The molecule has 0 radical (unpaired) electrons. The number of nitrogens with zero attached hydrogens (tertiary/aromatic N) is 4. The highest BCUT2D eigenvalue weighted by atomic mass is 16.3. The van der Waals surface area contributed by atoms with Crippen LogP contribution in [0.15, 0.2) is 174 Å². The summed E-state index contributed by atoms with van der Waals surface area (Å²) in [6, 6.07) is 44.1. The van der Waals surface area contributed by atoms with Crippen molar-refractivity contribution in [2.45, 2.75) is 0 Å². The van der Waals surface area contributed by atoms with Crippen LogP contribution in [0.4, 0.5) is 0 Å². The number of hydrogen-bond donors (Lipinski definition) is 0. The zero-order chi connectivity index (χ0) is 37.4. The van der Waals surface area contributed by atoms with E-state index in [0.717, 1.165) is 49.4 Å². The molecular formula is C45H28N4O. The van der Waals surface area contributed by atoms with Crippen LogP contribution in [0.25, 0.3) is 94.7 Å². The second kappa shape index (κ2) is 11.4. The SMILES string of the molecule is [2H]c1c([2H])c([2H])c(-c2cccc3c2oc2cc(-c4nc(-c5ccccc5)nc(-c5cccc6c5c5ccccc5n6-c5ccccc5)n4)ccc23)c([2H])c1[2H]. The molecule has 0 bridgehead atoms. The first-order valence-electron chi connectivity index (χ1n) is 18.8. The summed E-state index contributed by atoms with van der Waals surface area (Å²) in [4.78, 5) is 15.2. The number of rotatable bonds is 5. The number of furan rings is 1. The van der Waals surface area contributed by atoms with Crippen molar-refractivity contribution < 1.29 is 11.3 Å². The van der Waals surface area contributed by atoms with Gasteiger partial charge in [0.05, 0.1) is 17.9 Å². The van der Waals surface area contributed by atoms with Gasteiger partial charge in [-0.2, -0.15) is 0 Å². The van der Waals surface area contributed by atoms with Crippen LogP contribution >= 0.6 is 0 Å². The van der Waals surface area contributed by atoms with E-state index in [-0.39, 0.29) is 17.6 Å². The van der Waals surface area contributed by atoms with Gasteiger partial charge in [0, 0.05) is 49.5 Å². The predicted molar refractivity (Wildman–Crippen MR) is 203 cm³/mol. The van der Waals surface area contributed by atoms with Gasteiger partial charge in [-0.15, -0.1) is 0 Å². The van der Waals surface area contributed by atoms with Gasteiger partial charge in [-0.25, -0.2) is 15.0 Å². The fourth-order valence-corrected chi connectivity index (χ4v) is 6.92. The number of benzene rings is 7. The first-order chi connectivity index (χ1) is 26.9. The van der Waals surface area contributed by atoms with E-state index in [9.17, 15) is 0 Å². The van der Waals surface area contributed by atoms with Crippen LogP contribution in [0.5, 0.6) is 0 Å². The lowest BCUT2D eigenvalue weighted by molar-refractivity contribution is 0.670. The lowest BCUT2D eigenvalue weighted by Crippen LogP contribution is -2.00. The van der Waals surface area contributed by atoms with Crippen LogP contribution in [0.2, 0.25) is 0 Å². The van der Waals surface area contributed by atoms with E-state index in [1.165, 1.54) is 0 Å². The molecule has 0 spiro atoms. The summed E-state index contributed by atoms with van der Waals surface area (Å²) < 4.78 is 50.6. The third kappa shape index (κ3) is 4.52. The number of hydrogen-bond acceptors (Lipinski definition) is 4. The summed E-state index contributed by atoms with van der Waals surface area (Å²) in [5.41, 5.74) is 7.07. The van der Waals surface area contributed by atoms with Gasteiger partial charge < -0.3 is 8.98 Å². The molecule has 50 heavy (non-hydrogen) atoms. The molecule has 0 aliphatic rings. The Morgan fingerprint density at radius 3 is 1.98 bits per heavy atom. The van der Waals surface area contributed by atoms with Gasteiger partial charge in [-0.05, 0) is 42.0 Å². The van der Waals surface area contributed by atoms with E-state index < -0.39 is 18.1 Å². The first kappa shape index (κ1) is 23.5. The van der Waals surface area contributed by atoms with Crippen LogP contribution in [0, 0.1) is 0 Å². The molecule has 5 nitrogen and oxygen atoms in total. The second-order valence-corrected chi connectivity index (χ2v) is 12.1. The van der Waals surface area contributed by atoms with Gasteiger partial charge in [-0.3, -0.25) is 0 Å². The molecule has 0 saturated carbocycles. The fourth-order valence-electron chi connectivity index (χ4n) is 6.92. The summed E-state index contributed by atoms with van der Waals surface area (Å²) in [7, 11) is 0. The predicted octanol–water partition coefficient (Wildman–Crippen LogP) is 11.5. The van der Waals surface area contributed by atoms with Gasteiger partial charge in [-0.1, -0.05) is 133 Å². The second-order valence-electron chi connectivity index (χ2n) is 12.1. The highest BCUT2D eigenvalue weighted by Gasteiger charge is 2.20. The number of fused-ring (bicyclic) bond motifs is 6. The van der Waals surface area contributed by atoms with E-state index in [1.807, 2.05) is 84.9 Å². The van der Waals surface area contributed by atoms with Crippen molar-refractivity contribution >= 4 is 43.7 Å². The molecule has 0 atom stereocenters. The first-order valence-corrected chi connectivity index (χ1v) is 16.3. The Balaban J connectivity index is 1.19. The van der Waals surface area contributed by atoms with Crippen molar-refractivity contribution in [2.75, 3.05) is 0 Å². The van der Waals surface area contributed by atoms with Gasteiger partial charge in [0.1, 0.15) is 11.2 Å². The van der Waals surface area contributed by atoms with Crippen molar-refractivity contribution in [1.82, 2.24) is 19.5 Å². The van der Waals surface area contributed by atoms with Crippen molar-refractivity contribution in [2.24, 2.45) is 0 Å². The van der Waals surface area contributed by atoms with Gasteiger partial charge in [0.2, 0.25) is 0 Å². The van der Waals surface area contributed by atoms with Crippen LogP contribution in [-0.2, 0) is 0 Å². The van der Waals surface area contributed by atoms with Crippen LogP contribution in [-0.4, -0.2) is 19.5 Å². The molecule has 3 aromatic heterocycles. The monoisotopic (exact) mass is 645 g/mol. The zero-order valence-electron chi connectivity index (χ0n) is 31.5. The smallest absolute Gasteiger partial charge is 0.164 e. The molecule has 0 amide bonds. The Morgan fingerprint density at radius 2 is 1.14 bits per heavy atom. The summed E-state index contributed by atoms with van der Waals surface area (Å²) in [6.45, 7) is 0. The van der Waals surface area contributed by atoms with E-state index in [4.69, 9.17) is 26.2 Å². The molecule has 3 heterocycles. The van der Waals surface area contributed by atoms with Gasteiger partial charge in [0.25, 0.3) is 0 Å². The standard InChI is InChI=1S/C45H28N4O/c1-4-14-29(15-5-1)33-21-12-22-35-34-27-26-31(28-40(34)50-42(33)35)44-46-43(30-16-6-2-7-17-30)47-45(48-44)37-23-13-25-39-41(37)36-20-10-11-24-38(36)49(39)32-18-8-3-9-19-32/h1-28H/i1D,4D,5D,14D,15D. The lowest BCUT2D eigenvalue weighted by Gasteiger charge is -2.10. The normalized spacial score (nSPS) is 13.0. The Morgan fingerprint density at radius 1 is 0.480 bits per heavy atom. The minimum Gasteiger partial charge on any atom is -0.455 e. The lowest BCUT2D eigenvalue weighted by atomic mass is 10.0. The minimum absolute atomic E-state index is 0.0910. The van der Waals surface area contributed by atoms with E-state index in [0.29, 0.717) is 39.8 Å². The summed E-state index contributed by atoms with van der Waals surface area (Å²) >= 11 is 0. The molecule has 7 aromatic carbocycles. The maximum absolute atomic E-state index is 8.61. The topological polar surface area (TPSA) is 56.7 Å². The minimum atomic E-state index is -0.440. The Kier molecular flexibility index (Phi) is 5.35. The highest BCUT2D eigenvalue weighted by molar-refractivity contribution is 6.15. The summed E-state index contributed by atoms with van der Waals surface area (Å²) in [5, 5.41) is 3.68. The fraction of sp³-hybridized carbons (Fsp3) is 0. The maximum atomic E-state index is 8.61. The van der Waals surface area contributed by atoms with E-state index in [1.54, 1.807) is 12.1 Å². The van der Waals surface area contributed by atoms with Crippen molar-refractivity contribution in [1.29, 1.82) is 0 Å². The maximum Gasteiger partial charge on any atom is 0.164 e. The molecule has 0 N–H and O–H groups in total. The molecule has 0 unspecified atom stereocenters.